The van der Waals surface area contributed by atoms with Gasteiger partial charge in [0.15, 0.2) is 0 Å². The Labute approximate surface area is 126 Å². The predicted molar refractivity (Wildman–Crippen MR) is 82.0 cm³/mol. The summed E-state index contributed by atoms with van der Waals surface area (Å²) in [6, 6.07) is 8.18. The van der Waals surface area contributed by atoms with Gasteiger partial charge in [0.05, 0.1) is 18.6 Å². The van der Waals surface area contributed by atoms with Crippen LogP contribution in [0.2, 0.25) is 0 Å². The molecule has 4 nitrogen and oxygen atoms in total. The molecule has 0 aliphatic heterocycles. The van der Waals surface area contributed by atoms with Crippen molar-refractivity contribution in [2.75, 3.05) is 0 Å². The number of nitrogens with zero attached hydrogens (tertiary/aromatic N) is 4. The van der Waals surface area contributed by atoms with Crippen molar-refractivity contribution in [3.05, 3.63) is 65.2 Å². The summed E-state index contributed by atoms with van der Waals surface area (Å²) >= 11 is 3.44. The summed E-state index contributed by atoms with van der Waals surface area (Å²) in [5.41, 5.74) is 2.13. The van der Waals surface area contributed by atoms with Crippen molar-refractivity contribution in [2.24, 2.45) is 0 Å². The van der Waals surface area contributed by atoms with Gasteiger partial charge in [0.25, 0.3) is 0 Å². The van der Waals surface area contributed by atoms with Gasteiger partial charge in [0.1, 0.15) is 5.82 Å². The Kier molecular flexibility index (Phi) is 3.69. The first-order valence-corrected chi connectivity index (χ1v) is 7.34. The van der Waals surface area contributed by atoms with E-state index in [9.17, 15) is 0 Å². The largest absolute Gasteiger partial charge is 0.329 e. The monoisotopic (exact) mass is 330 g/mol. The van der Waals surface area contributed by atoms with Crippen LogP contribution in [0.5, 0.6) is 0 Å². The molecule has 0 saturated heterocycles. The number of rotatable bonds is 4. The van der Waals surface area contributed by atoms with Gasteiger partial charge in [-0.15, -0.1) is 0 Å². The number of hydrogen-bond acceptors (Lipinski definition) is 2. The average Bonchev–Trinajstić information content (AvgIpc) is 3.09. The second-order valence-electron chi connectivity index (χ2n) is 4.57. The molecule has 0 spiro atoms. The lowest BCUT2D eigenvalue weighted by atomic mass is 10.3. The second kappa shape index (κ2) is 5.63. The van der Waals surface area contributed by atoms with E-state index in [1.807, 2.05) is 35.4 Å². The fourth-order valence-corrected chi connectivity index (χ4v) is 2.44. The van der Waals surface area contributed by atoms with Gasteiger partial charge in [-0.25, -0.2) is 9.97 Å². The van der Waals surface area contributed by atoms with E-state index in [1.54, 1.807) is 0 Å². The van der Waals surface area contributed by atoms with Gasteiger partial charge in [-0.2, -0.15) is 0 Å². The molecule has 0 aliphatic carbocycles. The normalized spacial score (nSPS) is 10.9. The molecule has 5 heteroatoms. The molecule has 0 bridgehead atoms. The van der Waals surface area contributed by atoms with Gasteiger partial charge in [-0.05, 0) is 24.3 Å². The maximum atomic E-state index is 4.47. The number of hydrogen-bond donors (Lipinski definition) is 0. The number of aryl methyl sites for hydroxylation is 1. The van der Waals surface area contributed by atoms with Crippen molar-refractivity contribution < 1.29 is 0 Å². The van der Waals surface area contributed by atoms with Crippen LogP contribution in [0.1, 0.15) is 18.4 Å². The zero-order valence-electron chi connectivity index (χ0n) is 11.2. The summed E-state index contributed by atoms with van der Waals surface area (Å²) in [5.74, 6) is 1.09. The summed E-state index contributed by atoms with van der Waals surface area (Å²) in [4.78, 5) is 8.80. The molecule has 0 N–H and O–H groups in total. The number of benzene rings is 1. The van der Waals surface area contributed by atoms with Gasteiger partial charge >= 0.3 is 0 Å². The summed E-state index contributed by atoms with van der Waals surface area (Å²) in [7, 11) is 0. The Hall–Kier alpha value is -1.88. The minimum absolute atomic E-state index is 0.757. The molecule has 0 fully saturated rings. The molecule has 0 amide bonds. The standard InChI is InChI=1S/C15H15BrN4/c1-2-15-17-7-8-19(15)9-13-10-20(11-18-13)14-5-3-12(16)4-6-14/h3-8,10-11H,2,9H2,1H3. The van der Waals surface area contributed by atoms with Crippen LogP contribution in [0.25, 0.3) is 5.69 Å². The summed E-state index contributed by atoms with van der Waals surface area (Å²) in [6.07, 6.45) is 8.67. The summed E-state index contributed by atoms with van der Waals surface area (Å²) < 4.78 is 5.24. The molecule has 3 rings (SSSR count). The Morgan fingerprint density at radius 2 is 1.95 bits per heavy atom. The van der Waals surface area contributed by atoms with Gasteiger partial charge in [-0.1, -0.05) is 22.9 Å². The molecule has 0 atom stereocenters. The fourth-order valence-electron chi connectivity index (χ4n) is 2.17. The molecule has 2 heterocycles. The van der Waals surface area contributed by atoms with E-state index in [-0.39, 0.29) is 0 Å². The zero-order valence-corrected chi connectivity index (χ0v) is 12.8. The molecule has 0 aliphatic rings. The van der Waals surface area contributed by atoms with Gasteiger partial charge in [0, 0.05) is 35.2 Å². The lowest BCUT2D eigenvalue weighted by Crippen LogP contribution is -2.03. The molecule has 2 aromatic heterocycles. The highest BCUT2D eigenvalue weighted by atomic mass is 79.9. The molecule has 0 saturated carbocycles. The topological polar surface area (TPSA) is 35.6 Å². The Bertz CT molecular complexity index is 697. The maximum absolute atomic E-state index is 4.47. The van der Waals surface area contributed by atoms with Crippen LogP contribution in [-0.4, -0.2) is 19.1 Å². The van der Waals surface area contributed by atoms with Gasteiger partial charge in [0.2, 0.25) is 0 Å². The third kappa shape index (κ3) is 2.67. The first-order chi connectivity index (χ1) is 9.76. The van der Waals surface area contributed by atoms with Gasteiger partial charge < -0.3 is 9.13 Å². The quantitative estimate of drug-likeness (QED) is 0.734. The Morgan fingerprint density at radius 1 is 1.15 bits per heavy atom. The zero-order chi connectivity index (χ0) is 13.9. The molecule has 3 aromatic rings. The van der Waals surface area contributed by atoms with Crippen LogP contribution in [0.3, 0.4) is 0 Å². The number of imidazole rings is 2. The van der Waals surface area contributed by atoms with Crippen molar-refractivity contribution in [3.8, 4) is 5.69 Å². The van der Waals surface area contributed by atoms with E-state index in [0.717, 1.165) is 34.6 Å². The van der Waals surface area contributed by atoms with E-state index < -0.39 is 0 Å². The average molecular weight is 331 g/mol. The highest BCUT2D eigenvalue weighted by Crippen LogP contribution is 2.15. The first-order valence-electron chi connectivity index (χ1n) is 6.55. The van der Waals surface area contributed by atoms with Crippen LogP contribution < -0.4 is 0 Å². The van der Waals surface area contributed by atoms with Crippen molar-refractivity contribution in [1.82, 2.24) is 19.1 Å². The Balaban J connectivity index is 1.82. The van der Waals surface area contributed by atoms with Crippen molar-refractivity contribution in [1.29, 1.82) is 0 Å². The molecule has 1 aromatic carbocycles. The van der Waals surface area contributed by atoms with Crippen LogP contribution in [0.15, 0.2) is 53.7 Å². The van der Waals surface area contributed by atoms with Crippen LogP contribution >= 0.6 is 15.9 Å². The highest BCUT2D eigenvalue weighted by Gasteiger charge is 2.05. The highest BCUT2D eigenvalue weighted by molar-refractivity contribution is 9.10. The lowest BCUT2D eigenvalue weighted by molar-refractivity contribution is 0.719. The molecular formula is C15H15BrN4. The maximum Gasteiger partial charge on any atom is 0.108 e. The second-order valence-corrected chi connectivity index (χ2v) is 5.49. The van der Waals surface area contributed by atoms with E-state index in [4.69, 9.17) is 0 Å². The molecule has 0 unspecified atom stereocenters. The first kappa shape index (κ1) is 13.1. The smallest absolute Gasteiger partial charge is 0.108 e. The molecule has 0 radical (unpaired) electrons. The number of aromatic nitrogens is 4. The third-order valence-electron chi connectivity index (χ3n) is 3.21. The minimum atomic E-state index is 0.757. The Morgan fingerprint density at radius 3 is 2.70 bits per heavy atom. The lowest BCUT2D eigenvalue weighted by Gasteiger charge is -2.04. The fraction of sp³-hybridized carbons (Fsp3) is 0.200. The number of halogens is 1. The summed E-state index contributed by atoms with van der Waals surface area (Å²) in [6.45, 7) is 2.87. The van der Waals surface area contributed by atoms with E-state index >= 15 is 0 Å². The van der Waals surface area contributed by atoms with Crippen molar-refractivity contribution in [3.63, 3.8) is 0 Å². The molecule has 20 heavy (non-hydrogen) atoms. The van der Waals surface area contributed by atoms with E-state index in [2.05, 4.69) is 55.7 Å². The molecular weight excluding hydrogens is 316 g/mol. The molecule has 102 valence electrons. The van der Waals surface area contributed by atoms with Gasteiger partial charge in [-0.3, -0.25) is 0 Å². The van der Waals surface area contributed by atoms with Crippen LogP contribution in [-0.2, 0) is 13.0 Å². The SMILES string of the molecule is CCc1nccn1Cc1cn(-c2ccc(Br)cc2)cn1. The van der Waals surface area contributed by atoms with Crippen molar-refractivity contribution >= 4 is 15.9 Å². The predicted octanol–water partition coefficient (Wildman–Crippen LogP) is 3.44. The van der Waals surface area contributed by atoms with Crippen LogP contribution in [0.4, 0.5) is 0 Å². The van der Waals surface area contributed by atoms with Crippen molar-refractivity contribution in [2.45, 2.75) is 19.9 Å². The third-order valence-corrected chi connectivity index (χ3v) is 3.74. The summed E-state index contributed by atoms with van der Waals surface area (Å²) in [5, 5.41) is 0. The van der Waals surface area contributed by atoms with E-state index in [1.165, 1.54) is 0 Å². The minimum Gasteiger partial charge on any atom is -0.329 e. The van der Waals surface area contributed by atoms with E-state index in [0.29, 0.717) is 0 Å². The van der Waals surface area contributed by atoms with Crippen LogP contribution in [0, 0.1) is 0 Å².